The Hall–Kier alpha value is -0.530. The number of hydrogen-bond acceptors (Lipinski definition) is 2. The number of likely N-dealkylation sites (tertiary alicyclic amines) is 1. The van der Waals surface area contributed by atoms with Crippen molar-refractivity contribution in [1.29, 1.82) is 0 Å². The van der Waals surface area contributed by atoms with Crippen molar-refractivity contribution in [2.75, 3.05) is 26.2 Å². The second-order valence-corrected chi connectivity index (χ2v) is 6.08. The molecule has 1 fully saturated rings. The monoisotopic (exact) mass is 424 g/mol. The molecule has 0 saturated carbocycles. The average molecular weight is 424 g/mol. The van der Waals surface area contributed by atoms with Gasteiger partial charge in [0.2, 0.25) is 5.91 Å². The Morgan fingerprint density at radius 3 is 2.55 bits per heavy atom. The Labute approximate surface area is 152 Å². The van der Waals surface area contributed by atoms with Gasteiger partial charge in [0.25, 0.3) is 0 Å². The lowest BCUT2D eigenvalue weighted by Gasteiger charge is -2.27. The zero-order chi connectivity index (χ0) is 15.7. The van der Waals surface area contributed by atoms with Crippen molar-refractivity contribution in [2.45, 2.75) is 59.4 Å². The standard InChI is InChI=1S/C16H32N4O.HI/c1-5-14(20-11-7-8-15(20)21)9-10-18-16(17-6-2)19-12-13(3)4;/h13-14H,5-12H2,1-4H3,(H2,17,18,19);1H. The summed E-state index contributed by atoms with van der Waals surface area (Å²) in [6, 6.07) is 0.362. The van der Waals surface area contributed by atoms with Crippen molar-refractivity contribution >= 4 is 35.8 Å². The van der Waals surface area contributed by atoms with Gasteiger partial charge in [-0.05, 0) is 32.1 Å². The van der Waals surface area contributed by atoms with Gasteiger partial charge in [-0.1, -0.05) is 20.8 Å². The van der Waals surface area contributed by atoms with Crippen molar-refractivity contribution in [2.24, 2.45) is 10.9 Å². The van der Waals surface area contributed by atoms with Crippen LogP contribution in [0, 0.1) is 5.92 Å². The third-order valence-corrected chi connectivity index (χ3v) is 3.75. The molecule has 1 atom stereocenters. The third kappa shape index (κ3) is 7.65. The SMILES string of the molecule is CCNC(=NCC(C)C)NCCC(CC)N1CCCC1=O.I. The molecule has 0 spiro atoms. The van der Waals surface area contributed by atoms with E-state index >= 15 is 0 Å². The molecule has 22 heavy (non-hydrogen) atoms. The summed E-state index contributed by atoms with van der Waals surface area (Å²) in [5.41, 5.74) is 0. The second kappa shape index (κ2) is 12.0. The molecule has 1 saturated heterocycles. The maximum absolute atomic E-state index is 11.8. The van der Waals surface area contributed by atoms with Gasteiger partial charge in [-0.2, -0.15) is 0 Å². The first kappa shape index (κ1) is 21.5. The number of hydrogen-bond donors (Lipinski definition) is 2. The van der Waals surface area contributed by atoms with Crippen LogP contribution in [0.4, 0.5) is 0 Å². The van der Waals surface area contributed by atoms with Gasteiger partial charge >= 0.3 is 0 Å². The van der Waals surface area contributed by atoms with Crippen LogP contribution in [0.25, 0.3) is 0 Å². The van der Waals surface area contributed by atoms with Crippen LogP contribution >= 0.6 is 24.0 Å². The molecule has 0 radical (unpaired) electrons. The lowest BCUT2D eigenvalue weighted by molar-refractivity contribution is -0.129. The molecule has 5 nitrogen and oxygen atoms in total. The van der Waals surface area contributed by atoms with Crippen molar-refractivity contribution < 1.29 is 4.79 Å². The van der Waals surface area contributed by atoms with Crippen LogP contribution in [0.15, 0.2) is 4.99 Å². The normalized spacial score (nSPS) is 16.7. The summed E-state index contributed by atoms with van der Waals surface area (Å²) in [6.45, 7) is 12.0. The van der Waals surface area contributed by atoms with E-state index in [9.17, 15) is 4.79 Å². The van der Waals surface area contributed by atoms with Crippen LogP contribution in [-0.2, 0) is 4.79 Å². The smallest absolute Gasteiger partial charge is 0.222 e. The first-order valence-electron chi connectivity index (χ1n) is 8.40. The van der Waals surface area contributed by atoms with Crippen molar-refractivity contribution in [3.05, 3.63) is 0 Å². The molecule has 1 aliphatic rings. The van der Waals surface area contributed by atoms with Gasteiger partial charge in [0, 0.05) is 38.6 Å². The predicted octanol–water partition coefficient (Wildman–Crippen LogP) is 2.61. The van der Waals surface area contributed by atoms with E-state index in [1.807, 2.05) is 0 Å². The highest BCUT2D eigenvalue weighted by molar-refractivity contribution is 14.0. The van der Waals surface area contributed by atoms with Crippen molar-refractivity contribution in [3.63, 3.8) is 0 Å². The molecule has 130 valence electrons. The van der Waals surface area contributed by atoms with Crippen LogP contribution in [0.5, 0.6) is 0 Å². The molecule has 1 unspecified atom stereocenters. The van der Waals surface area contributed by atoms with Gasteiger partial charge in [0.15, 0.2) is 5.96 Å². The van der Waals surface area contributed by atoms with Crippen LogP contribution in [-0.4, -0.2) is 49.0 Å². The number of carbonyl (C=O) groups is 1. The topological polar surface area (TPSA) is 56.7 Å². The Kier molecular flexibility index (Phi) is 11.7. The van der Waals surface area contributed by atoms with E-state index in [0.29, 0.717) is 17.9 Å². The summed E-state index contributed by atoms with van der Waals surface area (Å²) in [6.07, 6.45) is 3.74. The van der Waals surface area contributed by atoms with E-state index in [-0.39, 0.29) is 24.0 Å². The molecule has 1 rings (SSSR count). The fourth-order valence-electron chi connectivity index (χ4n) is 2.61. The molecule has 1 amide bonds. The lowest BCUT2D eigenvalue weighted by atomic mass is 10.1. The number of carbonyl (C=O) groups excluding carboxylic acids is 1. The summed E-state index contributed by atoms with van der Waals surface area (Å²) in [5.74, 6) is 1.77. The summed E-state index contributed by atoms with van der Waals surface area (Å²) >= 11 is 0. The minimum absolute atomic E-state index is 0. The Morgan fingerprint density at radius 2 is 2.05 bits per heavy atom. The van der Waals surface area contributed by atoms with Crippen molar-refractivity contribution in [3.8, 4) is 0 Å². The molecule has 0 aromatic carbocycles. The minimum Gasteiger partial charge on any atom is -0.357 e. The zero-order valence-electron chi connectivity index (χ0n) is 14.5. The van der Waals surface area contributed by atoms with E-state index in [4.69, 9.17) is 0 Å². The largest absolute Gasteiger partial charge is 0.357 e. The number of aliphatic imine (C=N–C) groups is 1. The van der Waals surface area contributed by atoms with Crippen LogP contribution in [0.3, 0.4) is 0 Å². The Bertz CT molecular complexity index is 347. The molecular weight excluding hydrogens is 391 g/mol. The summed E-state index contributed by atoms with van der Waals surface area (Å²) in [4.78, 5) is 18.4. The number of guanidine groups is 1. The van der Waals surface area contributed by atoms with E-state index in [0.717, 1.165) is 57.8 Å². The van der Waals surface area contributed by atoms with E-state index in [1.54, 1.807) is 0 Å². The summed E-state index contributed by atoms with van der Waals surface area (Å²) in [5, 5.41) is 6.65. The Morgan fingerprint density at radius 1 is 1.32 bits per heavy atom. The van der Waals surface area contributed by atoms with Gasteiger partial charge in [-0.25, -0.2) is 0 Å². The van der Waals surface area contributed by atoms with Gasteiger partial charge in [-0.15, -0.1) is 24.0 Å². The zero-order valence-corrected chi connectivity index (χ0v) is 16.9. The first-order valence-corrected chi connectivity index (χ1v) is 8.40. The van der Waals surface area contributed by atoms with Gasteiger partial charge < -0.3 is 15.5 Å². The van der Waals surface area contributed by atoms with E-state index < -0.39 is 0 Å². The highest BCUT2D eigenvalue weighted by atomic mass is 127. The average Bonchev–Trinajstić information content (AvgIpc) is 2.87. The number of nitrogens with zero attached hydrogens (tertiary/aromatic N) is 2. The van der Waals surface area contributed by atoms with Gasteiger partial charge in [0.1, 0.15) is 0 Å². The Balaban J connectivity index is 0.00000441. The van der Waals surface area contributed by atoms with Crippen LogP contribution in [0.2, 0.25) is 0 Å². The molecule has 1 aliphatic heterocycles. The number of halogens is 1. The minimum atomic E-state index is 0. The van der Waals surface area contributed by atoms with Gasteiger partial charge in [0.05, 0.1) is 0 Å². The highest BCUT2D eigenvalue weighted by Gasteiger charge is 2.26. The maximum Gasteiger partial charge on any atom is 0.222 e. The number of rotatable bonds is 8. The number of nitrogens with one attached hydrogen (secondary N) is 2. The van der Waals surface area contributed by atoms with E-state index in [1.165, 1.54) is 0 Å². The lowest BCUT2D eigenvalue weighted by Crippen LogP contribution is -2.42. The summed E-state index contributed by atoms with van der Waals surface area (Å²) < 4.78 is 0. The fourth-order valence-corrected chi connectivity index (χ4v) is 2.61. The molecule has 1 heterocycles. The molecule has 0 aromatic heterocycles. The maximum atomic E-state index is 11.8. The third-order valence-electron chi connectivity index (χ3n) is 3.75. The molecular formula is C16H33IN4O. The predicted molar refractivity (Wildman–Crippen MR) is 104 cm³/mol. The summed E-state index contributed by atoms with van der Waals surface area (Å²) in [7, 11) is 0. The molecule has 0 aliphatic carbocycles. The van der Waals surface area contributed by atoms with E-state index in [2.05, 4.69) is 48.2 Å². The van der Waals surface area contributed by atoms with Crippen LogP contribution < -0.4 is 10.6 Å². The molecule has 2 N–H and O–H groups in total. The fraction of sp³-hybridized carbons (Fsp3) is 0.875. The molecule has 0 aromatic rings. The number of amides is 1. The first-order chi connectivity index (χ1) is 10.1. The highest BCUT2D eigenvalue weighted by Crippen LogP contribution is 2.17. The van der Waals surface area contributed by atoms with Gasteiger partial charge in [-0.3, -0.25) is 9.79 Å². The van der Waals surface area contributed by atoms with Crippen LogP contribution in [0.1, 0.15) is 53.4 Å². The molecule has 0 bridgehead atoms. The quantitative estimate of drug-likeness (QED) is 0.358. The van der Waals surface area contributed by atoms with Crippen molar-refractivity contribution in [1.82, 2.24) is 15.5 Å². The molecule has 6 heteroatoms. The second-order valence-electron chi connectivity index (χ2n) is 6.08.